The zero-order valence-corrected chi connectivity index (χ0v) is 19.0. The largest absolute Gasteiger partial charge is 0.496 e. The highest BCUT2D eigenvalue weighted by atomic mass is 32.1. The summed E-state index contributed by atoms with van der Waals surface area (Å²) in [6.07, 6.45) is 0. The van der Waals surface area contributed by atoms with Crippen LogP contribution < -0.4 is 9.47 Å². The van der Waals surface area contributed by atoms with Crippen molar-refractivity contribution < 1.29 is 14.3 Å². The van der Waals surface area contributed by atoms with Crippen LogP contribution in [0.5, 0.6) is 11.5 Å². The van der Waals surface area contributed by atoms with E-state index in [0.29, 0.717) is 24.5 Å². The van der Waals surface area contributed by atoms with Gasteiger partial charge in [-0.2, -0.15) is 0 Å². The van der Waals surface area contributed by atoms with Gasteiger partial charge in [-0.1, -0.05) is 24.3 Å². The van der Waals surface area contributed by atoms with Gasteiger partial charge in [-0.05, 0) is 57.0 Å². The number of ether oxygens (including phenoxy) is 2. The molecule has 0 spiro atoms. The number of para-hydroxylation sites is 1. The number of hydrogen-bond acceptors (Lipinski definition) is 5. The van der Waals surface area contributed by atoms with Gasteiger partial charge in [0.1, 0.15) is 23.1 Å². The SMILES string of the molecule is COc1ccccc1C(=O)N(Cc1csc(COc2cccc(C)c2C)n1)C(C)C. The van der Waals surface area contributed by atoms with E-state index in [1.54, 1.807) is 30.6 Å². The summed E-state index contributed by atoms with van der Waals surface area (Å²) >= 11 is 1.55. The van der Waals surface area contributed by atoms with Crippen LogP contribution in [0.1, 0.15) is 46.0 Å². The molecule has 0 aliphatic heterocycles. The Kier molecular flexibility index (Phi) is 7.11. The summed E-state index contributed by atoms with van der Waals surface area (Å²) in [7, 11) is 1.58. The minimum atomic E-state index is -0.0661. The Morgan fingerprint density at radius 2 is 1.83 bits per heavy atom. The topological polar surface area (TPSA) is 51.7 Å². The van der Waals surface area contributed by atoms with E-state index >= 15 is 0 Å². The molecule has 30 heavy (non-hydrogen) atoms. The first-order valence-electron chi connectivity index (χ1n) is 9.97. The van der Waals surface area contributed by atoms with Crippen LogP contribution in [0.3, 0.4) is 0 Å². The normalized spacial score (nSPS) is 10.9. The molecule has 3 rings (SSSR count). The van der Waals surface area contributed by atoms with Gasteiger partial charge in [0.05, 0.1) is 24.9 Å². The molecular formula is C24H28N2O3S. The van der Waals surface area contributed by atoms with E-state index in [2.05, 4.69) is 24.9 Å². The third-order valence-electron chi connectivity index (χ3n) is 5.06. The standard InChI is InChI=1S/C24H28N2O3S/c1-16(2)26(24(27)20-10-6-7-11-22(20)28-5)13-19-15-30-23(25-19)14-29-21-12-8-9-17(3)18(21)4/h6-12,15-16H,13-14H2,1-5H3. The highest BCUT2D eigenvalue weighted by Gasteiger charge is 2.23. The van der Waals surface area contributed by atoms with E-state index in [9.17, 15) is 4.79 Å². The summed E-state index contributed by atoms with van der Waals surface area (Å²) in [6.45, 7) is 8.99. The van der Waals surface area contributed by atoms with Crippen molar-refractivity contribution in [2.75, 3.05) is 7.11 Å². The molecule has 0 radical (unpaired) electrons. The first kappa shape index (κ1) is 21.8. The fourth-order valence-electron chi connectivity index (χ4n) is 3.15. The predicted octanol–water partition coefficient (Wildman–Crippen LogP) is 5.40. The van der Waals surface area contributed by atoms with Crippen LogP contribution in [0.2, 0.25) is 0 Å². The average molecular weight is 425 g/mol. The Labute approximate surface area is 182 Å². The maximum atomic E-state index is 13.2. The van der Waals surface area contributed by atoms with Gasteiger partial charge in [0, 0.05) is 11.4 Å². The second-order valence-electron chi connectivity index (χ2n) is 7.45. The van der Waals surface area contributed by atoms with Crippen LogP contribution in [0.25, 0.3) is 0 Å². The van der Waals surface area contributed by atoms with E-state index in [1.807, 2.05) is 48.4 Å². The van der Waals surface area contributed by atoms with Gasteiger partial charge < -0.3 is 14.4 Å². The smallest absolute Gasteiger partial charge is 0.258 e. The Balaban J connectivity index is 1.70. The molecule has 0 aliphatic rings. The Morgan fingerprint density at radius 3 is 2.57 bits per heavy atom. The number of hydrogen-bond donors (Lipinski definition) is 0. The first-order chi connectivity index (χ1) is 14.4. The fourth-order valence-corrected chi connectivity index (χ4v) is 3.84. The van der Waals surface area contributed by atoms with Crippen LogP contribution in [0.15, 0.2) is 47.8 Å². The number of carbonyl (C=O) groups is 1. The number of nitrogens with zero attached hydrogens (tertiary/aromatic N) is 2. The molecule has 2 aromatic carbocycles. The van der Waals surface area contributed by atoms with Crippen LogP contribution >= 0.6 is 11.3 Å². The van der Waals surface area contributed by atoms with Crippen molar-refractivity contribution in [2.24, 2.45) is 0 Å². The molecule has 0 N–H and O–H groups in total. The van der Waals surface area contributed by atoms with Gasteiger partial charge in [-0.25, -0.2) is 4.98 Å². The molecule has 158 valence electrons. The van der Waals surface area contributed by atoms with Crippen molar-refractivity contribution in [1.82, 2.24) is 9.88 Å². The second-order valence-corrected chi connectivity index (χ2v) is 8.39. The molecule has 0 atom stereocenters. The van der Waals surface area contributed by atoms with Crippen LogP contribution in [0.4, 0.5) is 0 Å². The molecule has 1 heterocycles. The molecule has 0 aliphatic carbocycles. The summed E-state index contributed by atoms with van der Waals surface area (Å²) in [4.78, 5) is 19.6. The Hall–Kier alpha value is -2.86. The quantitative estimate of drug-likeness (QED) is 0.486. The minimum absolute atomic E-state index is 0.0266. The van der Waals surface area contributed by atoms with Gasteiger partial charge in [0.15, 0.2) is 0 Å². The summed E-state index contributed by atoms with van der Waals surface area (Å²) in [5, 5.41) is 2.88. The van der Waals surface area contributed by atoms with Crippen molar-refractivity contribution in [2.45, 2.75) is 46.9 Å². The molecule has 5 nitrogen and oxygen atoms in total. The molecule has 0 unspecified atom stereocenters. The molecule has 1 aromatic heterocycles. The van der Waals surface area contributed by atoms with Gasteiger partial charge >= 0.3 is 0 Å². The third kappa shape index (κ3) is 5.00. The number of benzene rings is 2. The fraction of sp³-hybridized carbons (Fsp3) is 0.333. The molecule has 0 bridgehead atoms. The molecule has 0 saturated heterocycles. The first-order valence-corrected chi connectivity index (χ1v) is 10.8. The highest BCUT2D eigenvalue weighted by molar-refractivity contribution is 7.09. The lowest BCUT2D eigenvalue weighted by molar-refractivity contribution is 0.0684. The monoisotopic (exact) mass is 424 g/mol. The lowest BCUT2D eigenvalue weighted by Crippen LogP contribution is -2.36. The summed E-state index contributed by atoms with van der Waals surface area (Å²) in [5.41, 5.74) is 3.76. The maximum Gasteiger partial charge on any atom is 0.258 e. The maximum absolute atomic E-state index is 13.2. The van der Waals surface area contributed by atoms with Crippen molar-refractivity contribution in [3.8, 4) is 11.5 Å². The summed E-state index contributed by atoms with van der Waals surface area (Å²) in [6, 6.07) is 13.4. The predicted molar refractivity (Wildman–Crippen MR) is 120 cm³/mol. The van der Waals surface area contributed by atoms with E-state index in [4.69, 9.17) is 9.47 Å². The van der Waals surface area contributed by atoms with Crippen molar-refractivity contribution in [1.29, 1.82) is 0 Å². The van der Waals surface area contributed by atoms with Gasteiger partial charge in [0.2, 0.25) is 0 Å². The number of aryl methyl sites for hydroxylation is 1. The Bertz CT molecular complexity index is 1010. The lowest BCUT2D eigenvalue weighted by Gasteiger charge is -2.26. The van der Waals surface area contributed by atoms with E-state index in [1.165, 1.54) is 5.56 Å². The highest BCUT2D eigenvalue weighted by Crippen LogP contribution is 2.24. The molecule has 0 fully saturated rings. The number of amides is 1. The van der Waals surface area contributed by atoms with Gasteiger partial charge in [-0.15, -0.1) is 11.3 Å². The number of aromatic nitrogens is 1. The lowest BCUT2D eigenvalue weighted by atomic mass is 10.1. The molecule has 3 aromatic rings. The van der Waals surface area contributed by atoms with Crippen molar-refractivity contribution in [3.63, 3.8) is 0 Å². The summed E-state index contributed by atoms with van der Waals surface area (Å²) < 4.78 is 11.3. The number of thiazole rings is 1. The zero-order valence-electron chi connectivity index (χ0n) is 18.1. The van der Waals surface area contributed by atoms with E-state index in [0.717, 1.165) is 22.0 Å². The summed E-state index contributed by atoms with van der Waals surface area (Å²) in [5.74, 6) is 1.39. The van der Waals surface area contributed by atoms with Crippen molar-refractivity contribution in [3.05, 3.63) is 75.2 Å². The third-order valence-corrected chi connectivity index (χ3v) is 5.93. The van der Waals surface area contributed by atoms with Crippen LogP contribution in [0, 0.1) is 13.8 Å². The van der Waals surface area contributed by atoms with E-state index < -0.39 is 0 Å². The minimum Gasteiger partial charge on any atom is -0.496 e. The van der Waals surface area contributed by atoms with Crippen molar-refractivity contribution >= 4 is 17.2 Å². The zero-order chi connectivity index (χ0) is 21.7. The second kappa shape index (κ2) is 9.76. The van der Waals surface area contributed by atoms with Gasteiger partial charge in [-0.3, -0.25) is 4.79 Å². The van der Waals surface area contributed by atoms with Crippen LogP contribution in [-0.2, 0) is 13.2 Å². The number of methoxy groups -OCH3 is 1. The number of carbonyl (C=O) groups excluding carboxylic acids is 1. The molecule has 1 amide bonds. The molecule has 0 saturated carbocycles. The van der Waals surface area contributed by atoms with Crippen LogP contribution in [-0.4, -0.2) is 28.9 Å². The molecule has 6 heteroatoms. The molecular weight excluding hydrogens is 396 g/mol. The van der Waals surface area contributed by atoms with E-state index in [-0.39, 0.29) is 11.9 Å². The average Bonchev–Trinajstić information content (AvgIpc) is 3.20. The number of rotatable bonds is 8. The Morgan fingerprint density at radius 1 is 1.10 bits per heavy atom. The van der Waals surface area contributed by atoms with Gasteiger partial charge in [0.25, 0.3) is 5.91 Å².